The summed E-state index contributed by atoms with van der Waals surface area (Å²) in [6.07, 6.45) is 4.98. The van der Waals surface area contributed by atoms with Crippen LogP contribution in [-0.4, -0.2) is 0 Å². The summed E-state index contributed by atoms with van der Waals surface area (Å²) in [4.78, 5) is 0. The zero-order chi connectivity index (χ0) is 12.8. The van der Waals surface area contributed by atoms with E-state index in [4.69, 9.17) is 5.73 Å². The maximum absolute atomic E-state index is 6.34. The smallest absolute Gasteiger partial charge is 0.0297 e. The molecule has 2 heteroatoms. The zero-order valence-corrected chi connectivity index (χ0v) is 12.3. The van der Waals surface area contributed by atoms with Gasteiger partial charge in [0, 0.05) is 6.04 Å². The molecule has 1 nitrogen and oxygen atoms in total. The first kappa shape index (κ1) is 13.7. The molecule has 2 aliphatic carbocycles. The maximum atomic E-state index is 6.34. The van der Waals surface area contributed by atoms with Crippen LogP contribution in [0.5, 0.6) is 0 Å². The van der Waals surface area contributed by atoms with Crippen LogP contribution in [0.15, 0.2) is 42.5 Å². The fraction of sp³-hybridized carbons (Fsp3) is 0.333. The molecule has 0 spiro atoms. The molecule has 2 N–H and O–H groups in total. The first-order chi connectivity index (χ1) is 9.31. The summed E-state index contributed by atoms with van der Waals surface area (Å²) in [6.45, 7) is 0. The average molecular weight is 286 g/mol. The molecule has 1 atom stereocenters. The van der Waals surface area contributed by atoms with E-state index < -0.39 is 0 Å². The van der Waals surface area contributed by atoms with Gasteiger partial charge in [-0.25, -0.2) is 0 Å². The molecule has 20 heavy (non-hydrogen) atoms. The van der Waals surface area contributed by atoms with E-state index in [1.807, 2.05) is 0 Å². The molecule has 0 unspecified atom stereocenters. The molecule has 0 aliphatic heterocycles. The van der Waals surface area contributed by atoms with Crippen molar-refractivity contribution in [2.45, 2.75) is 31.7 Å². The molecule has 2 aliphatic rings. The van der Waals surface area contributed by atoms with Crippen LogP contribution >= 0.6 is 12.4 Å². The van der Waals surface area contributed by atoms with Crippen LogP contribution in [0.25, 0.3) is 11.1 Å². The van der Waals surface area contributed by atoms with Gasteiger partial charge in [-0.3, -0.25) is 0 Å². The van der Waals surface area contributed by atoms with Crippen molar-refractivity contribution in [2.75, 3.05) is 0 Å². The summed E-state index contributed by atoms with van der Waals surface area (Å²) in [5.74, 6) is 0.889. The van der Waals surface area contributed by atoms with Crippen LogP contribution in [0, 0.1) is 5.92 Å². The molecule has 1 fully saturated rings. The molecule has 0 amide bonds. The monoisotopic (exact) mass is 285 g/mol. The SMILES string of the molecule is Cl.N[C@@H](CC1CC1)c1ccc2c(c1)Cc1ccccc1-2. The number of rotatable bonds is 3. The third-order valence-corrected chi connectivity index (χ3v) is 4.53. The van der Waals surface area contributed by atoms with Crippen molar-refractivity contribution >= 4 is 12.4 Å². The largest absolute Gasteiger partial charge is 0.324 e. The summed E-state index contributed by atoms with van der Waals surface area (Å²) >= 11 is 0. The summed E-state index contributed by atoms with van der Waals surface area (Å²) in [5, 5.41) is 0. The second-order valence-corrected chi connectivity index (χ2v) is 6.04. The standard InChI is InChI=1S/C18H19N.ClH/c19-18(9-12-5-6-12)14-7-8-17-15(11-14)10-13-3-1-2-4-16(13)17;/h1-4,7-8,11-12,18H,5-6,9-10,19H2;1H/t18-;/m0./s1. The Kier molecular flexibility index (Phi) is 3.57. The van der Waals surface area contributed by atoms with Gasteiger partial charge >= 0.3 is 0 Å². The maximum Gasteiger partial charge on any atom is 0.0297 e. The fourth-order valence-electron chi connectivity index (χ4n) is 3.24. The summed E-state index contributed by atoms with van der Waals surface area (Å²) in [6, 6.07) is 15.8. The van der Waals surface area contributed by atoms with Gasteiger partial charge in [0.2, 0.25) is 0 Å². The van der Waals surface area contributed by atoms with E-state index in [0.717, 1.165) is 18.8 Å². The molecule has 104 valence electrons. The number of hydrogen-bond acceptors (Lipinski definition) is 1. The van der Waals surface area contributed by atoms with E-state index in [-0.39, 0.29) is 18.4 Å². The molecule has 0 saturated heterocycles. The lowest BCUT2D eigenvalue weighted by Gasteiger charge is -2.13. The Morgan fingerprint density at radius 2 is 1.75 bits per heavy atom. The van der Waals surface area contributed by atoms with Gasteiger partial charge in [0.05, 0.1) is 0 Å². The first-order valence-corrected chi connectivity index (χ1v) is 7.28. The van der Waals surface area contributed by atoms with Gasteiger partial charge in [0.1, 0.15) is 0 Å². The van der Waals surface area contributed by atoms with Crippen LogP contribution in [-0.2, 0) is 6.42 Å². The minimum Gasteiger partial charge on any atom is -0.324 e. The fourth-order valence-corrected chi connectivity index (χ4v) is 3.24. The molecule has 0 heterocycles. The molecule has 2 aromatic rings. The lowest BCUT2D eigenvalue weighted by Crippen LogP contribution is -2.11. The Labute approximate surface area is 126 Å². The molecular weight excluding hydrogens is 266 g/mol. The molecule has 0 bridgehead atoms. The van der Waals surface area contributed by atoms with Crippen molar-refractivity contribution in [3.63, 3.8) is 0 Å². The highest BCUT2D eigenvalue weighted by Gasteiger charge is 2.25. The highest BCUT2D eigenvalue weighted by molar-refractivity contribution is 5.85. The van der Waals surface area contributed by atoms with Crippen LogP contribution in [0.2, 0.25) is 0 Å². The predicted octanol–water partition coefficient (Wildman–Crippen LogP) is 4.48. The molecule has 4 rings (SSSR count). The van der Waals surface area contributed by atoms with Gasteiger partial charge in [-0.2, -0.15) is 0 Å². The third kappa shape index (κ3) is 2.36. The van der Waals surface area contributed by atoms with Gasteiger partial charge < -0.3 is 5.73 Å². The minimum absolute atomic E-state index is 0. The van der Waals surface area contributed by atoms with Crippen LogP contribution < -0.4 is 5.73 Å². The van der Waals surface area contributed by atoms with Crippen LogP contribution in [0.3, 0.4) is 0 Å². The Bertz CT molecular complexity index is 631. The van der Waals surface area contributed by atoms with E-state index in [2.05, 4.69) is 42.5 Å². The summed E-state index contributed by atoms with van der Waals surface area (Å²) in [7, 11) is 0. The van der Waals surface area contributed by atoms with Crippen molar-refractivity contribution in [1.82, 2.24) is 0 Å². The van der Waals surface area contributed by atoms with Crippen LogP contribution in [0.4, 0.5) is 0 Å². The minimum atomic E-state index is 0. The van der Waals surface area contributed by atoms with Crippen molar-refractivity contribution in [2.24, 2.45) is 11.7 Å². The average Bonchev–Trinajstić information content (AvgIpc) is 3.16. The zero-order valence-electron chi connectivity index (χ0n) is 11.5. The van der Waals surface area contributed by atoms with E-state index in [1.165, 1.54) is 40.7 Å². The Hall–Kier alpha value is -1.31. The van der Waals surface area contributed by atoms with Crippen LogP contribution in [0.1, 0.15) is 42.0 Å². The van der Waals surface area contributed by atoms with Gasteiger partial charge in [0.25, 0.3) is 0 Å². The second kappa shape index (κ2) is 5.23. The van der Waals surface area contributed by atoms with E-state index in [0.29, 0.717) is 0 Å². The third-order valence-electron chi connectivity index (χ3n) is 4.53. The molecule has 0 radical (unpaired) electrons. The number of halogens is 1. The molecule has 0 aromatic heterocycles. The molecule has 1 saturated carbocycles. The summed E-state index contributed by atoms with van der Waals surface area (Å²) in [5.41, 5.74) is 13.4. The van der Waals surface area contributed by atoms with Gasteiger partial charge in [-0.05, 0) is 46.6 Å². The van der Waals surface area contributed by atoms with Gasteiger partial charge in [0.15, 0.2) is 0 Å². The normalized spacial score (nSPS) is 17.1. The van der Waals surface area contributed by atoms with Gasteiger partial charge in [-0.1, -0.05) is 55.3 Å². The predicted molar refractivity (Wildman–Crippen MR) is 86.2 cm³/mol. The quantitative estimate of drug-likeness (QED) is 0.754. The van der Waals surface area contributed by atoms with Crippen molar-refractivity contribution in [3.05, 3.63) is 59.2 Å². The molecule has 2 aromatic carbocycles. The summed E-state index contributed by atoms with van der Waals surface area (Å²) < 4.78 is 0. The second-order valence-electron chi connectivity index (χ2n) is 6.04. The van der Waals surface area contributed by atoms with Gasteiger partial charge in [-0.15, -0.1) is 12.4 Å². The van der Waals surface area contributed by atoms with Crippen molar-refractivity contribution in [1.29, 1.82) is 0 Å². The van der Waals surface area contributed by atoms with E-state index in [9.17, 15) is 0 Å². The van der Waals surface area contributed by atoms with E-state index >= 15 is 0 Å². The van der Waals surface area contributed by atoms with E-state index in [1.54, 1.807) is 0 Å². The molecular formula is C18H20ClN. The number of benzene rings is 2. The Balaban J connectivity index is 0.00000121. The van der Waals surface area contributed by atoms with Crippen molar-refractivity contribution < 1.29 is 0 Å². The number of hydrogen-bond donors (Lipinski definition) is 1. The highest BCUT2D eigenvalue weighted by Crippen LogP contribution is 2.40. The Morgan fingerprint density at radius 1 is 1.00 bits per heavy atom. The number of fused-ring (bicyclic) bond motifs is 3. The first-order valence-electron chi connectivity index (χ1n) is 7.28. The Morgan fingerprint density at radius 3 is 2.55 bits per heavy atom. The highest BCUT2D eigenvalue weighted by atomic mass is 35.5. The lowest BCUT2D eigenvalue weighted by molar-refractivity contribution is 0.597. The number of nitrogens with two attached hydrogens (primary N) is 1. The van der Waals surface area contributed by atoms with Crippen molar-refractivity contribution in [3.8, 4) is 11.1 Å². The lowest BCUT2D eigenvalue weighted by atomic mass is 9.97. The topological polar surface area (TPSA) is 26.0 Å².